The molecule has 1 heterocycles. The molecular weight excluding hydrogens is 282 g/mol. The summed E-state index contributed by atoms with van der Waals surface area (Å²) in [4.78, 5) is 27.0. The molecule has 4 heteroatoms. The summed E-state index contributed by atoms with van der Waals surface area (Å²) in [5.41, 5.74) is 3.63. The Kier molecular flexibility index (Phi) is 4.57. The van der Waals surface area contributed by atoms with Gasteiger partial charge in [0.05, 0.1) is 10.5 Å². The average molecular weight is 303 g/mol. The first-order chi connectivity index (χ1) is 9.86. The van der Waals surface area contributed by atoms with E-state index < -0.39 is 0 Å². The Balaban J connectivity index is 2.61. The van der Waals surface area contributed by atoms with E-state index >= 15 is 0 Å². The van der Waals surface area contributed by atoms with Crippen molar-refractivity contribution in [3.05, 3.63) is 39.8 Å². The lowest BCUT2D eigenvalue weighted by atomic mass is 9.99. The Morgan fingerprint density at radius 3 is 2.33 bits per heavy atom. The van der Waals surface area contributed by atoms with Crippen LogP contribution in [0, 0.1) is 13.8 Å². The average Bonchev–Trinajstić information content (AvgIpc) is 2.61. The van der Waals surface area contributed by atoms with Crippen molar-refractivity contribution in [1.29, 1.82) is 0 Å². The molecule has 0 saturated heterocycles. The maximum atomic E-state index is 12.6. The molecular formula is C17H21NO2S. The van der Waals surface area contributed by atoms with E-state index in [2.05, 4.69) is 0 Å². The first-order valence-corrected chi connectivity index (χ1v) is 8.09. The number of nitrogens with zero attached hydrogens (tertiary/aromatic N) is 1. The van der Waals surface area contributed by atoms with E-state index in [0.717, 1.165) is 16.7 Å². The lowest BCUT2D eigenvalue weighted by molar-refractivity contribution is -0.136. The van der Waals surface area contributed by atoms with Gasteiger partial charge in [0.15, 0.2) is 0 Å². The topological polar surface area (TPSA) is 37.4 Å². The Morgan fingerprint density at radius 2 is 1.81 bits per heavy atom. The zero-order chi connectivity index (χ0) is 15.7. The van der Waals surface area contributed by atoms with Crippen LogP contribution in [0.25, 0.3) is 5.57 Å². The van der Waals surface area contributed by atoms with Crippen LogP contribution in [0.1, 0.15) is 37.5 Å². The van der Waals surface area contributed by atoms with Gasteiger partial charge in [-0.25, -0.2) is 0 Å². The van der Waals surface area contributed by atoms with E-state index in [4.69, 9.17) is 0 Å². The molecule has 0 aromatic heterocycles. The number of rotatable bonds is 4. The number of likely N-dealkylation sites (N-methyl/N-ethyl adjacent to an activating group) is 1. The lowest BCUT2D eigenvalue weighted by Crippen LogP contribution is -2.31. The number of carbonyl (C=O) groups excluding carboxylic acids is 2. The van der Waals surface area contributed by atoms with Gasteiger partial charge in [0, 0.05) is 11.8 Å². The number of hydrogen-bond acceptors (Lipinski definition) is 3. The number of carbonyl (C=O) groups is 2. The van der Waals surface area contributed by atoms with Gasteiger partial charge < -0.3 is 0 Å². The molecule has 1 aliphatic rings. The molecule has 0 N–H and O–H groups in total. The number of thioether (sulfide) groups is 1. The minimum atomic E-state index is -0.169. The molecule has 0 aliphatic carbocycles. The zero-order valence-corrected chi connectivity index (χ0v) is 14.0. The second-order valence-corrected chi connectivity index (χ2v) is 7.13. The van der Waals surface area contributed by atoms with Gasteiger partial charge in [-0.15, -0.1) is 11.8 Å². The van der Waals surface area contributed by atoms with Crippen LogP contribution in [-0.4, -0.2) is 28.5 Å². The summed E-state index contributed by atoms with van der Waals surface area (Å²) in [5.74, 6) is -0.325. The van der Waals surface area contributed by atoms with Crippen molar-refractivity contribution >= 4 is 29.1 Å². The maximum Gasteiger partial charge on any atom is 0.267 e. The van der Waals surface area contributed by atoms with Crippen LogP contribution in [0.15, 0.2) is 23.1 Å². The molecule has 1 aromatic rings. The Hall–Kier alpha value is -1.55. The minimum absolute atomic E-state index is 0.156. The van der Waals surface area contributed by atoms with E-state index in [1.54, 1.807) is 0 Å². The van der Waals surface area contributed by atoms with Gasteiger partial charge in [-0.05, 0) is 31.9 Å². The normalized spacial score (nSPS) is 15.6. The molecule has 1 aliphatic heterocycles. The van der Waals surface area contributed by atoms with E-state index in [0.29, 0.717) is 17.0 Å². The molecule has 1 aromatic carbocycles. The van der Waals surface area contributed by atoms with Crippen LogP contribution in [0.4, 0.5) is 0 Å². The highest BCUT2D eigenvalue weighted by atomic mass is 32.2. The highest BCUT2D eigenvalue weighted by molar-refractivity contribution is 8.04. The summed E-state index contributed by atoms with van der Waals surface area (Å²) in [5, 5.41) is 0.259. The summed E-state index contributed by atoms with van der Waals surface area (Å²) in [7, 11) is 0. The van der Waals surface area contributed by atoms with Gasteiger partial charge in [0.25, 0.3) is 11.8 Å². The molecule has 112 valence electrons. The van der Waals surface area contributed by atoms with Crippen LogP contribution in [0.3, 0.4) is 0 Å². The van der Waals surface area contributed by atoms with Crippen molar-refractivity contribution in [1.82, 2.24) is 4.90 Å². The first-order valence-electron chi connectivity index (χ1n) is 7.21. The fourth-order valence-electron chi connectivity index (χ4n) is 2.52. The van der Waals surface area contributed by atoms with Crippen molar-refractivity contribution in [2.75, 3.05) is 6.54 Å². The fourth-order valence-corrected chi connectivity index (χ4v) is 3.52. The number of benzene rings is 1. The summed E-state index contributed by atoms with van der Waals surface area (Å²) in [6, 6.07) is 5.98. The summed E-state index contributed by atoms with van der Waals surface area (Å²) >= 11 is 1.48. The molecule has 0 atom stereocenters. The van der Waals surface area contributed by atoms with Gasteiger partial charge >= 0.3 is 0 Å². The number of hydrogen-bond donors (Lipinski definition) is 0. The third-order valence-electron chi connectivity index (χ3n) is 3.45. The molecule has 0 unspecified atom stereocenters. The van der Waals surface area contributed by atoms with E-state index in [9.17, 15) is 9.59 Å². The van der Waals surface area contributed by atoms with Crippen LogP contribution in [-0.2, 0) is 9.59 Å². The Labute approximate surface area is 130 Å². The Bertz CT molecular complexity index is 632. The minimum Gasteiger partial charge on any atom is -0.274 e. The molecule has 0 radical (unpaired) electrons. The standard InChI is InChI=1S/C17H21NO2S/c1-6-18-16(19)14(15(17(18)20)21-10(2)3)13-8-7-11(4)9-12(13)5/h7-10H,6H2,1-5H3. The maximum absolute atomic E-state index is 12.6. The third kappa shape index (κ3) is 2.91. The van der Waals surface area contributed by atoms with Crippen molar-refractivity contribution in [3.8, 4) is 0 Å². The molecule has 21 heavy (non-hydrogen) atoms. The van der Waals surface area contributed by atoms with Gasteiger partial charge in [0.2, 0.25) is 0 Å². The van der Waals surface area contributed by atoms with Gasteiger partial charge in [-0.3, -0.25) is 14.5 Å². The number of imide groups is 1. The molecule has 2 amide bonds. The molecule has 0 spiro atoms. The summed E-state index contributed by atoms with van der Waals surface area (Å²) < 4.78 is 0. The first kappa shape index (κ1) is 15.8. The zero-order valence-electron chi connectivity index (χ0n) is 13.2. The van der Waals surface area contributed by atoms with Crippen LogP contribution in [0.5, 0.6) is 0 Å². The number of amides is 2. The quantitative estimate of drug-likeness (QED) is 0.798. The monoisotopic (exact) mass is 303 g/mol. The van der Waals surface area contributed by atoms with Crippen LogP contribution >= 0.6 is 11.8 Å². The second-order valence-electron chi connectivity index (χ2n) is 5.54. The molecule has 0 saturated carbocycles. The van der Waals surface area contributed by atoms with E-state index in [1.807, 2.05) is 52.8 Å². The summed E-state index contributed by atoms with van der Waals surface area (Å²) in [6.07, 6.45) is 0. The van der Waals surface area contributed by atoms with Gasteiger partial charge in [0.1, 0.15) is 0 Å². The van der Waals surface area contributed by atoms with Crippen molar-refractivity contribution in [2.45, 2.75) is 39.9 Å². The predicted molar refractivity (Wildman–Crippen MR) is 88.0 cm³/mol. The lowest BCUT2D eigenvalue weighted by Gasteiger charge is -2.12. The third-order valence-corrected chi connectivity index (χ3v) is 4.53. The van der Waals surface area contributed by atoms with Gasteiger partial charge in [-0.2, -0.15) is 0 Å². The van der Waals surface area contributed by atoms with Crippen molar-refractivity contribution in [2.24, 2.45) is 0 Å². The van der Waals surface area contributed by atoms with Crippen LogP contribution < -0.4 is 0 Å². The SMILES string of the molecule is CCN1C(=O)C(SC(C)C)=C(c2ccc(C)cc2C)C1=O. The van der Waals surface area contributed by atoms with Crippen LogP contribution in [0.2, 0.25) is 0 Å². The molecule has 2 rings (SSSR count). The highest BCUT2D eigenvalue weighted by Crippen LogP contribution is 2.38. The smallest absolute Gasteiger partial charge is 0.267 e. The Morgan fingerprint density at radius 1 is 1.14 bits per heavy atom. The highest BCUT2D eigenvalue weighted by Gasteiger charge is 2.38. The van der Waals surface area contributed by atoms with Crippen molar-refractivity contribution in [3.63, 3.8) is 0 Å². The van der Waals surface area contributed by atoms with Crippen molar-refractivity contribution < 1.29 is 9.59 Å². The molecule has 0 bridgehead atoms. The van der Waals surface area contributed by atoms with E-state index in [1.165, 1.54) is 16.7 Å². The largest absolute Gasteiger partial charge is 0.274 e. The summed E-state index contributed by atoms with van der Waals surface area (Å²) in [6.45, 7) is 10.3. The van der Waals surface area contributed by atoms with E-state index in [-0.39, 0.29) is 17.1 Å². The van der Waals surface area contributed by atoms with Gasteiger partial charge in [-0.1, -0.05) is 37.6 Å². The molecule has 3 nitrogen and oxygen atoms in total. The molecule has 0 fully saturated rings. The number of aryl methyl sites for hydroxylation is 2. The fraction of sp³-hybridized carbons (Fsp3) is 0.412. The second kappa shape index (κ2) is 6.06. The predicted octanol–water partition coefficient (Wildman–Crippen LogP) is 3.54.